The van der Waals surface area contributed by atoms with Crippen LogP contribution >= 0.6 is 28.6 Å². The molecule has 4 N–H and O–H groups in total. The molecule has 0 atom stereocenters. The SMILES string of the molecule is Cc1cc(S)ccc1Br.Cn1cc(-c2cccc(N)c2F)c2c(N)ncnc21. The third kappa shape index (κ3) is 3.98. The van der Waals surface area contributed by atoms with Gasteiger partial charge in [-0.2, -0.15) is 0 Å². The van der Waals surface area contributed by atoms with Gasteiger partial charge in [-0.1, -0.05) is 28.1 Å². The van der Waals surface area contributed by atoms with Crippen molar-refractivity contribution in [1.29, 1.82) is 0 Å². The Morgan fingerprint density at radius 2 is 1.86 bits per heavy atom. The van der Waals surface area contributed by atoms with Crippen molar-refractivity contribution in [3.05, 3.63) is 64.8 Å². The van der Waals surface area contributed by atoms with Crippen LogP contribution < -0.4 is 11.5 Å². The lowest BCUT2D eigenvalue weighted by Gasteiger charge is -2.04. The second-order valence-electron chi connectivity index (χ2n) is 6.25. The van der Waals surface area contributed by atoms with Crippen LogP contribution in [0.4, 0.5) is 15.9 Å². The Bertz CT molecular complexity index is 1160. The summed E-state index contributed by atoms with van der Waals surface area (Å²) in [5.74, 6) is -0.138. The Hall–Kier alpha value is -2.58. The van der Waals surface area contributed by atoms with Crippen molar-refractivity contribution < 1.29 is 4.39 Å². The second-order valence-corrected chi connectivity index (χ2v) is 7.62. The van der Waals surface area contributed by atoms with E-state index in [1.54, 1.807) is 22.9 Å². The smallest absolute Gasteiger partial charge is 0.153 e. The van der Waals surface area contributed by atoms with Crippen LogP contribution in [0, 0.1) is 12.7 Å². The average molecular weight is 460 g/mol. The van der Waals surface area contributed by atoms with Gasteiger partial charge >= 0.3 is 0 Å². The zero-order valence-electron chi connectivity index (χ0n) is 15.3. The van der Waals surface area contributed by atoms with Crippen LogP contribution in [0.1, 0.15) is 5.56 Å². The molecule has 0 aliphatic heterocycles. The maximum atomic E-state index is 14.1. The first kappa shape index (κ1) is 20.2. The molecule has 0 saturated carbocycles. The summed E-state index contributed by atoms with van der Waals surface area (Å²) in [5, 5.41) is 0.634. The number of aryl methyl sites for hydroxylation is 2. The lowest BCUT2D eigenvalue weighted by molar-refractivity contribution is 0.636. The van der Waals surface area contributed by atoms with Crippen molar-refractivity contribution in [2.75, 3.05) is 11.5 Å². The largest absolute Gasteiger partial charge is 0.396 e. The molecule has 0 aliphatic rings. The fourth-order valence-corrected chi connectivity index (χ4v) is 3.34. The first-order valence-electron chi connectivity index (χ1n) is 8.34. The van der Waals surface area contributed by atoms with Crippen LogP contribution in [0.25, 0.3) is 22.2 Å². The molecule has 0 saturated heterocycles. The summed E-state index contributed by atoms with van der Waals surface area (Å²) < 4.78 is 17.1. The first-order chi connectivity index (χ1) is 13.3. The maximum absolute atomic E-state index is 14.1. The van der Waals surface area contributed by atoms with E-state index in [9.17, 15) is 4.39 Å². The Labute approximate surface area is 176 Å². The van der Waals surface area contributed by atoms with E-state index in [-0.39, 0.29) is 5.69 Å². The van der Waals surface area contributed by atoms with Crippen LogP contribution in [0.2, 0.25) is 0 Å². The number of aromatic nitrogens is 3. The quantitative estimate of drug-likeness (QED) is 0.276. The molecule has 0 fully saturated rings. The van der Waals surface area contributed by atoms with Gasteiger partial charge in [0.2, 0.25) is 0 Å². The van der Waals surface area contributed by atoms with Gasteiger partial charge in [-0.05, 0) is 36.8 Å². The first-order valence-corrected chi connectivity index (χ1v) is 9.58. The number of halogens is 2. The molecule has 5 nitrogen and oxygen atoms in total. The third-order valence-corrected chi connectivity index (χ3v) is 5.41. The van der Waals surface area contributed by atoms with Crippen molar-refractivity contribution in [1.82, 2.24) is 14.5 Å². The highest BCUT2D eigenvalue weighted by molar-refractivity contribution is 9.10. The zero-order chi connectivity index (χ0) is 20.4. The Morgan fingerprint density at radius 1 is 1.11 bits per heavy atom. The maximum Gasteiger partial charge on any atom is 0.153 e. The number of fused-ring (bicyclic) bond motifs is 1. The third-order valence-electron chi connectivity index (χ3n) is 4.24. The van der Waals surface area contributed by atoms with Crippen LogP contribution in [-0.4, -0.2) is 14.5 Å². The number of hydrogen-bond acceptors (Lipinski definition) is 5. The summed E-state index contributed by atoms with van der Waals surface area (Å²) in [6.45, 7) is 2.05. The monoisotopic (exact) mass is 459 g/mol. The zero-order valence-corrected chi connectivity index (χ0v) is 17.8. The van der Waals surface area contributed by atoms with Crippen molar-refractivity contribution in [2.45, 2.75) is 11.8 Å². The highest BCUT2D eigenvalue weighted by Gasteiger charge is 2.17. The summed E-state index contributed by atoms with van der Waals surface area (Å²) in [5.41, 5.74) is 14.5. The summed E-state index contributed by atoms with van der Waals surface area (Å²) in [6, 6.07) is 10.9. The number of nitrogens with zero attached hydrogens (tertiary/aromatic N) is 3. The standard InChI is InChI=1S/C13H12FN5.C7H7BrS/c1-19-5-8(7-3-2-4-9(15)11(7)14)10-12(16)17-6-18-13(10)19;1-5-4-6(9)2-3-7(5)8/h2-6H,15H2,1H3,(H2,16,17,18);2-4,9H,1H3. The van der Waals surface area contributed by atoms with Crippen molar-refractivity contribution >= 4 is 51.1 Å². The number of nitrogens with two attached hydrogens (primary N) is 2. The Morgan fingerprint density at radius 3 is 2.54 bits per heavy atom. The van der Waals surface area contributed by atoms with E-state index >= 15 is 0 Å². The summed E-state index contributed by atoms with van der Waals surface area (Å²) in [7, 11) is 1.82. The van der Waals surface area contributed by atoms with E-state index < -0.39 is 5.82 Å². The van der Waals surface area contributed by atoms with Gasteiger partial charge in [0.1, 0.15) is 17.8 Å². The summed E-state index contributed by atoms with van der Waals surface area (Å²) in [4.78, 5) is 9.13. The molecule has 2 aromatic heterocycles. The van der Waals surface area contributed by atoms with Gasteiger partial charge in [0.05, 0.1) is 11.1 Å². The highest BCUT2D eigenvalue weighted by atomic mass is 79.9. The summed E-state index contributed by atoms with van der Waals surface area (Å²) >= 11 is 7.58. The topological polar surface area (TPSA) is 82.8 Å². The lowest BCUT2D eigenvalue weighted by Crippen LogP contribution is -1.95. The number of benzene rings is 2. The van der Waals surface area contributed by atoms with Gasteiger partial charge in [-0.15, -0.1) is 12.6 Å². The Kier molecular flexibility index (Phi) is 5.90. The van der Waals surface area contributed by atoms with Gasteiger partial charge < -0.3 is 16.0 Å². The van der Waals surface area contributed by atoms with Crippen LogP contribution in [0.15, 0.2) is 58.3 Å². The Balaban J connectivity index is 0.000000211. The van der Waals surface area contributed by atoms with E-state index in [2.05, 4.69) is 38.5 Å². The molecule has 0 bridgehead atoms. The lowest BCUT2D eigenvalue weighted by atomic mass is 10.0. The molecule has 4 aromatic rings. The molecular weight excluding hydrogens is 441 g/mol. The predicted molar refractivity (Wildman–Crippen MR) is 119 cm³/mol. The van der Waals surface area contributed by atoms with Gasteiger partial charge in [-0.3, -0.25) is 0 Å². The molecule has 0 spiro atoms. The molecule has 0 amide bonds. The molecule has 0 aliphatic carbocycles. The number of rotatable bonds is 1. The summed E-state index contributed by atoms with van der Waals surface area (Å²) in [6.07, 6.45) is 3.16. The second kappa shape index (κ2) is 8.20. The van der Waals surface area contributed by atoms with Crippen molar-refractivity contribution in [3.63, 3.8) is 0 Å². The number of nitrogen functional groups attached to an aromatic ring is 2. The molecule has 28 heavy (non-hydrogen) atoms. The molecule has 0 unspecified atom stereocenters. The minimum absolute atomic E-state index is 0.102. The van der Waals surface area contributed by atoms with E-state index in [0.717, 1.165) is 9.37 Å². The van der Waals surface area contributed by atoms with Crippen molar-refractivity contribution in [3.8, 4) is 11.1 Å². The number of thiol groups is 1. The normalized spacial score (nSPS) is 10.6. The van der Waals surface area contributed by atoms with Gasteiger partial charge in [0.25, 0.3) is 0 Å². The predicted octanol–water partition coefficient (Wildman–Crippen LogP) is 4.99. The minimum Gasteiger partial charge on any atom is -0.396 e. The minimum atomic E-state index is -0.460. The highest BCUT2D eigenvalue weighted by Crippen LogP contribution is 2.34. The van der Waals surface area contributed by atoms with Crippen molar-refractivity contribution in [2.24, 2.45) is 7.05 Å². The number of hydrogen-bond donors (Lipinski definition) is 3. The van der Waals surface area contributed by atoms with Crippen LogP contribution in [0.5, 0.6) is 0 Å². The van der Waals surface area contributed by atoms with E-state index in [4.69, 9.17) is 11.5 Å². The van der Waals surface area contributed by atoms with Gasteiger partial charge in [0.15, 0.2) is 5.82 Å². The van der Waals surface area contributed by atoms with E-state index in [1.165, 1.54) is 18.0 Å². The molecule has 0 radical (unpaired) electrons. The molecule has 2 aromatic carbocycles. The van der Waals surface area contributed by atoms with Crippen LogP contribution in [0.3, 0.4) is 0 Å². The molecule has 144 valence electrons. The molecule has 8 heteroatoms. The average Bonchev–Trinajstić information content (AvgIpc) is 2.99. The molecule has 4 rings (SSSR count). The van der Waals surface area contributed by atoms with Gasteiger partial charge in [-0.25, -0.2) is 14.4 Å². The van der Waals surface area contributed by atoms with Gasteiger partial charge in [0, 0.05) is 33.7 Å². The fourth-order valence-electron chi connectivity index (χ4n) is 2.83. The van der Waals surface area contributed by atoms with E-state index in [0.29, 0.717) is 28.0 Å². The molecular formula is C20H19BrFN5S. The van der Waals surface area contributed by atoms with Crippen LogP contribution in [-0.2, 0) is 7.05 Å². The number of anilines is 2. The fraction of sp³-hybridized carbons (Fsp3) is 0.100. The molecule has 2 heterocycles. The van der Waals surface area contributed by atoms with E-state index in [1.807, 2.05) is 32.2 Å².